The van der Waals surface area contributed by atoms with Crippen molar-refractivity contribution in [2.45, 2.75) is 63.6 Å². The third kappa shape index (κ3) is 2.72. The minimum atomic E-state index is -0.197. The van der Waals surface area contributed by atoms with Gasteiger partial charge >= 0.3 is 0 Å². The van der Waals surface area contributed by atoms with E-state index in [2.05, 4.69) is 5.32 Å². The van der Waals surface area contributed by atoms with Crippen molar-refractivity contribution in [3.63, 3.8) is 0 Å². The number of amides is 2. The maximum absolute atomic E-state index is 11.9. The Bertz CT molecular complexity index is 332. The van der Waals surface area contributed by atoms with E-state index in [1.807, 2.05) is 11.8 Å². The SMILES string of the molecule is CCC1C(=O)NC(=O)CN1C1CCCCCC1N. The lowest BCUT2D eigenvalue weighted by molar-refractivity contribution is -0.142. The number of carbonyl (C=O) groups excluding carboxylic acids is 2. The van der Waals surface area contributed by atoms with Crippen LogP contribution in [0.2, 0.25) is 0 Å². The van der Waals surface area contributed by atoms with Gasteiger partial charge in [-0.25, -0.2) is 0 Å². The fraction of sp³-hybridized carbons (Fsp3) is 0.846. The van der Waals surface area contributed by atoms with Crippen molar-refractivity contribution < 1.29 is 9.59 Å². The number of hydrogen-bond acceptors (Lipinski definition) is 4. The van der Waals surface area contributed by atoms with E-state index < -0.39 is 0 Å². The monoisotopic (exact) mass is 253 g/mol. The molecule has 2 rings (SSSR count). The van der Waals surface area contributed by atoms with Crippen LogP contribution in [-0.2, 0) is 9.59 Å². The van der Waals surface area contributed by atoms with Gasteiger partial charge in [0.25, 0.3) is 0 Å². The van der Waals surface area contributed by atoms with E-state index in [0.717, 1.165) is 32.1 Å². The summed E-state index contributed by atoms with van der Waals surface area (Å²) in [6, 6.07) is 0.0598. The number of nitrogens with two attached hydrogens (primary N) is 1. The maximum Gasteiger partial charge on any atom is 0.243 e. The van der Waals surface area contributed by atoms with E-state index >= 15 is 0 Å². The maximum atomic E-state index is 11.9. The standard InChI is InChI=1S/C13H23N3O2/c1-2-10-13(18)15-12(17)8-16(10)11-7-5-3-4-6-9(11)14/h9-11H,2-8,14H2,1H3,(H,15,17,18). The molecule has 3 atom stereocenters. The molecule has 1 heterocycles. The zero-order valence-corrected chi connectivity index (χ0v) is 11.0. The molecule has 1 saturated carbocycles. The highest BCUT2D eigenvalue weighted by Crippen LogP contribution is 2.24. The smallest absolute Gasteiger partial charge is 0.243 e. The van der Waals surface area contributed by atoms with E-state index in [4.69, 9.17) is 5.73 Å². The molecule has 18 heavy (non-hydrogen) atoms. The molecule has 0 aromatic carbocycles. The fourth-order valence-electron chi connectivity index (χ4n) is 3.18. The predicted octanol–water partition coefficient (Wildman–Crippen LogP) is 0.383. The summed E-state index contributed by atoms with van der Waals surface area (Å²) in [6.45, 7) is 2.29. The van der Waals surface area contributed by atoms with E-state index in [1.54, 1.807) is 0 Å². The van der Waals surface area contributed by atoms with Crippen molar-refractivity contribution in [2.24, 2.45) is 5.73 Å². The highest BCUT2D eigenvalue weighted by atomic mass is 16.2. The normalized spacial score (nSPS) is 35.1. The van der Waals surface area contributed by atoms with E-state index in [-0.39, 0.29) is 29.9 Å². The summed E-state index contributed by atoms with van der Waals surface area (Å²) in [5.41, 5.74) is 6.23. The minimum absolute atomic E-state index is 0.0836. The van der Waals surface area contributed by atoms with Crippen LogP contribution in [0.25, 0.3) is 0 Å². The molecule has 1 aliphatic heterocycles. The van der Waals surface area contributed by atoms with Crippen LogP contribution in [-0.4, -0.2) is 41.4 Å². The van der Waals surface area contributed by atoms with Crippen LogP contribution >= 0.6 is 0 Å². The molecule has 0 radical (unpaired) electrons. The van der Waals surface area contributed by atoms with Gasteiger partial charge in [-0.05, 0) is 19.3 Å². The first-order valence-electron chi connectivity index (χ1n) is 6.98. The zero-order chi connectivity index (χ0) is 13.1. The minimum Gasteiger partial charge on any atom is -0.326 e. The number of rotatable bonds is 2. The number of piperazine rings is 1. The fourth-order valence-corrected chi connectivity index (χ4v) is 3.18. The number of nitrogens with zero attached hydrogens (tertiary/aromatic N) is 1. The molecule has 0 aromatic heterocycles. The van der Waals surface area contributed by atoms with E-state index in [9.17, 15) is 9.59 Å². The number of carbonyl (C=O) groups is 2. The van der Waals surface area contributed by atoms with Crippen LogP contribution in [0.1, 0.15) is 45.4 Å². The Morgan fingerprint density at radius 3 is 2.72 bits per heavy atom. The second kappa shape index (κ2) is 5.80. The summed E-state index contributed by atoms with van der Waals surface area (Å²) < 4.78 is 0. The second-order valence-corrected chi connectivity index (χ2v) is 5.38. The molecule has 1 saturated heterocycles. The first-order valence-corrected chi connectivity index (χ1v) is 6.98. The van der Waals surface area contributed by atoms with Crippen LogP contribution in [0, 0.1) is 0 Å². The summed E-state index contributed by atoms with van der Waals surface area (Å²) in [5.74, 6) is -0.355. The van der Waals surface area contributed by atoms with Gasteiger partial charge in [0.15, 0.2) is 0 Å². The van der Waals surface area contributed by atoms with Crippen molar-refractivity contribution in [1.29, 1.82) is 0 Å². The molecule has 2 amide bonds. The van der Waals surface area contributed by atoms with Gasteiger partial charge in [0.05, 0.1) is 12.6 Å². The van der Waals surface area contributed by atoms with Gasteiger partial charge < -0.3 is 5.73 Å². The van der Waals surface area contributed by atoms with Crippen molar-refractivity contribution >= 4 is 11.8 Å². The van der Waals surface area contributed by atoms with E-state index in [0.29, 0.717) is 6.54 Å². The Balaban J connectivity index is 2.16. The highest BCUT2D eigenvalue weighted by Gasteiger charge is 2.38. The van der Waals surface area contributed by atoms with Crippen LogP contribution in [0.4, 0.5) is 0 Å². The lowest BCUT2D eigenvalue weighted by Gasteiger charge is -2.41. The lowest BCUT2D eigenvalue weighted by atomic mass is 9.97. The molecule has 5 nitrogen and oxygen atoms in total. The Kier molecular flexibility index (Phi) is 4.35. The molecule has 3 N–H and O–H groups in total. The van der Waals surface area contributed by atoms with Gasteiger partial charge in [0.1, 0.15) is 0 Å². The highest BCUT2D eigenvalue weighted by molar-refractivity contribution is 6.01. The van der Waals surface area contributed by atoms with Crippen LogP contribution in [0.3, 0.4) is 0 Å². The molecular weight excluding hydrogens is 230 g/mol. The molecule has 2 fully saturated rings. The number of imide groups is 1. The predicted molar refractivity (Wildman–Crippen MR) is 68.8 cm³/mol. The van der Waals surface area contributed by atoms with Crippen molar-refractivity contribution in [2.75, 3.05) is 6.54 Å². The lowest BCUT2D eigenvalue weighted by Crippen LogP contribution is -2.63. The second-order valence-electron chi connectivity index (χ2n) is 5.38. The van der Waals surface area contributed by atoms with Crippen molar-refractivity contribution in [1.82, 2.24) is 10.2 Å². The van der Waals surface area contributed by atoms with Crippen LogP contribution in [0.5, 0.6) is 0 Å². The molecule has 5 heteroatoms. The van der Waals surface area contributed by atoms with E-state index in [1.165, 1.54) is 6.42 Å². The van der Waals surface area contributed by atoms with Gasteiger partial charge in [0, 0.05) is 12.1 Å². The molecule has 3 unspecified atom stereocenters. The topological polar surface area (TPSA) is 75.4 Å². The summed E-state index contributed by atoms with van der Waals surface area (Å²) >= 11 is 0. The molecule has 2 aliphatic rings. The average molecular weight is 253 g/mol. The average Bonchev–Trinajstić information content (AvgIpc) is 2.53. The molecular formula is C13H23N3O2. The summed E-state index contributed by atoms with van der Waals surface area (Å²) in [5, 5.41) is 2.42. The summed E-state index contributed by atoms with van der Waals surface area (Å²) in [4.78, 5) is 25.5. The first kappa shape index (κ1) is 13.5. The first-order chi connectivity index (χ1) is 8.63. The van der Waals surface area contributed by atoms with Gasteiger partial charge in [-0.1, -0.05) is 26.2 Å². The molecule has 0 spiro atoms. The summed E-state index contributed by atoms with van der Waals surface area (Å²) in [6.07, 6.45) is 6.21. The zero-order valence-electron chi connectivity index (χ0n) is 11.0. The van der Waals surface area contributed by atoms with Gasteiger partial charge in [0.2, 0.25) is 11.8 Å². The van der Waals surface area contributed by atoms with Crippen LogP contribution < -0.4 is 11.1 Å². The Labute approximate surface area is 108 Å². The Morgan fingerprint density at radius 1 is 1.28 bits per heavy atom. The quantitative estimate of drug-likeness (QED) is 0.551. The largest absolute Gasteiger partial charge is 0.326 e. The Hall–Kier alpha value is -0.940. The van der Waals surface area contributed by atoms with Crippen molar-refractivity contribution in [3.05, 3.63) is 0 Å². The molecule has 0 aromatic rings. The third-order valence-electron chi connectivity index (χ3n) is 4.14. The number of hydrogen-bond donors (Lipinski definition) is 2. The number of nitrogens with one attached hydrogen (secondary N) is 1. The van der Waals surface area contributed by atoms with Gasteiger partial charge in [-0.15, -0.1) is 0 Å². The summed E-state index contributed by atoms with van der Waals surface area (Å²) in [7, 11) is 0. The third-order valence-corrected chi connectivity index (χ3v) is 4.14. The van der Waals surface area contributed by atoms with Gasteiger partial charge in [-0.3, -0.25) is 19.8 Å². The van der Waals surface area contributed by atoms with Crippen LogP contribution in [0.15, 0.2) is 0 Å². The Morgan fingerprint density at radius 2 is 2.00 bits per heavy atom. The molecule has 0 bridgehead atoms. The van der Waals surface area contributed by atoms with Crippen molar-refractivity contribution in [3.8, 4) is 0 Å². The molecule has 102 valence electrons. The van der Waals surface area contributed by atoms with Gasteiger partial charge in [-0.2, -0.15) is 0 Å². The molecule has 1 aliphatic carbocycles.